The third-order valence-corrected chi connectivity index (χ3v) is 3.54. The number of benzene rings is 2. The van der Waals surface area contributed by atoms with Crippen molar-refractivity contribution in [3.63, 3.8) is 0 Å². The van der Waals surface area contributed by atoms with E-state index in [4.69, 9.17) is 4.42 Å². The van der Waals surface area contributed by atoms with Crippen LogP contribution in [-0.4, -0.2) is 9.97 Å². The van der Waals surface area contributed by atoms with Gasteiger partial charge in [-0.1, -0.05) is 54.6 Å². The number of hydrogen-bond donors (Lipinski definition) is 1. The van der Waals surface area contributed by atoms with Gasteiger partial charge in [0, 0.05) is 10.9 Å². The first-order valence-corrected chi connectivity index (χ1v) is 6.96. The van der Waals surface area contributed by atoms with E-state index in [9.17, 15) is 4.79 Å². The predicted molar refractivity (Wildman–Crippen MR) is 85.5 cm³/mol. The maximum absolute atomic E-state index is 11.7. The average Bonchev–Trinajstić information content (AvgIpc) is 2.97. The highest BCUT2D eigenvalue weighted by Gasteiger charge is 2.15. The zero-order chi connectivity index (χ0) is 14.9. The maximum Gasteiger partial charge on any atom is 0.417 e. The minimum atomic E-state index is -0.483. The lowest BCUT2D eigenvalue weighted by Gasteiger charge is -2.03. The van der Waals surface area contributed by atoms with Gasteiger partial charge in [-0.25, -0.2) is 9.78 Å². The van der Waals surface area contributed by atoms with Crippen molar-refractivity contribution in [1.29, 1.82) is 0 Å². The zero-order valence-electron chi connectivity index (χ0n) is 11.6. The first-order chi connectivity index (χ1) is 10.8. The molecule has 4 aromatic rings. The van der Waals surface area contributed by atoms with Gasteiger partial charge in [0.15, 0.2) is 5.76 Å². The fraction of sp³-hybridized carbons (Fsp3) is 0. The molecule has 0 bridgehead atoms. The molecule has 0 atom stereocenters. The smallest absolute Gasteiger partial charge is 0.406 e. The highest BCUT2D eigenvalue weighted by molar-refractivity contribution is 5.83. The molecule has 0 aliphatic rings. The van der Waals surface area contributed by atoms with Gasteiger partial charge in [0.1, 0.15) is 5.69 Å². The van der Waals surface area contributed by atoms with Crippen LogP contribution in [0.3, 0.4) is 0 Å². The van der Waals surface area contributed by atoms with Crippen LogP contribution in [0.15, 0.2) is 75.9 Å². The van der Waals surface area contributed by atoms with Crippen molar-refractivity contribution in [1.82, 2.24) is 9.97 Å². The second-order valence-electron chi connectivity index (χ2n) is 4.97. The van der Waals surface area contributed by atoms with Crippen molar-refractivity contribution in [3.05, 3.63) is 77.3 Å². The standard InChI is InChI=1S/C18H12N2O2/c21-18-20-16(13-7-2-1-3-8-13)17(22-18)15-11-10-12-6-4-5-9-14(12)19-15/h1-11H,(H,20,21). The first kappa shape index (κ1) is 12.6. The number of oxazole rings is 1. The molecule has 22 heavy (non-hydrogen) atoms. The van der Waals surface area contributed by atoms with Gasteiger partial charge in [-0.3, -0.25) is 4.98 Å². The van der Waals surface area contributed by atoms with Gasteiger partial charge >= 0.3 is 5.76 Å². The van der Waals surface area contributed by atoms with E-state index in [1.54, 1.807) is 0 Å². The third-order valence-electron chi connectivity index (χ3n) is 3.54. The molecule has 1 N–H and O–H groups in total. The molecule has 0 radical (unpaired) electrons. The number of nitrogens with zero attached hydrogens (tertiary/aromatic N) is 1. The Balaban J connectivity index is 1.93. The number of hydrogen-bond acceptors (Lipinski definition) is 3. The van der Waals surface area contributed by atoms with E-state index in [2.05, 4.69) is 9.97 Å². The van der Waals surface area contributed by atoms with Crippen molar-refractivity contribution in [2.45, 2.75) is 0 Å². The molecule has 0 spiro atoms. The molecule has 2 aromatic carbocycles. The summed E-state index contributed by atoms with van der Waals surface area (Å²) in [6.07, 6.45) is 0. The fourth-order valence-electron chi connectivity index (χ4n) is 2.51. The van der Waals surface area contributed by atoms with E-state index in [-0.39, 0.29) is 0 Å². The van der Waals surface area contributed by atoms with Gasteiger partial charge in [0.2, 0.25) is 0 Å². The minimum absolute atomic E-state index is 0.460. The Bertz CT molecular complexity index is 1000. The van der Waals surface area contributed by atoms with E-state index >= 15 is 0 Å². The van der Waals surface area contributed by atoms with Gasteiger partial charge in [0.25, 0.3) is 0 Å². The Kier molecular flexibility index (Phi) is 2.86. The molecule has 4 rings (SSSR count). The minimum Gasteiger partial charge on any atom is -0.406 e. The molecule has 4 heteroatoms. The van der Waals surface area contributed by atoms with E-state index in [0.717, 1.165) is 16.5 Å². The van der Waals surface area contributed by atoms with Gasteiger partial charge in [-0.05, 0) is 12.1 Å². The second-order valence-corrected chi connectivity index (χ2v) is 4.97. The largest absolute Gasteiger partial charge is 0.417 e. The predicted octanol–water partition coefficient (Wildman–Crippen LogP) is 3.85. The molecule has 0 saturated heterocycles. The van der Waals surface area contributed by atoms with Crippen LogP contribution in [0.1, 0.15) is 0 Å². The van der Waals surface area contributed by atoms with Crippen LogP contribution in [0, 0.1) is 0 Å². The molecule has 0 amide bonds. The summed E-state index contributed by atoms with van der Waals surface area (Å²) < 4.78 is 5.33. The lowest BCUT2D eigenvalue weighted by molar-refractivity contribution is 0.527. The summed E-state index contributed by atoms with van der Waals surface area (Å²) in [6.45, 7) is 0. The summed E-state index contributed by atoms with van der Waals surface area (Å²) in [5, 5.41) is 1.05. The number of H-pyrrole nitrogens is 1. The first-order valence-electron chi connectivity index (χ1n) is 6.96. The van der Waals surface area contributed by atoms with Crippen LogP contribution in [0.5, 0.6) is 0 Å². The van der Waals surface area contributed by atoms with Crippen LogP contribution >= 0.6 is 0 Å². The van der Waals surface area contributed by atoms with Crippen LogP contribution in [0.4, 0.5) is 0 Å². The molecule has 0 saturated carbocycles. The Morgan fingerprint density at radius 2 is 1.64 bits per heavy atom. The summed E-state index contributed by atoms with van der Waals surface area (Å²) in [5.74, 6) is -0.0224. The lowest BCUT2D eigenvalue weighted by Crippen LogP contribution is -1.94. The molecule has 0 fully saturated rings. The summed E-state index contributed by atoms with van der Waals surface area (Å²) in [6, 6.07) is 21.3. The van der Waals surface area contributed by atoms with Crippen molar-refractivity contribution >= 4 is 10.9 Å². The third kappa shape index (κ3) is 2.11. The molecule has 0 aliphatic carbocycles. The van der Waals surface area contributed by atoms with Crippen LogP contribution in [0.25, 0.3) is 33.6 Å². The van der Waals surface area contributed by atoms with Crippen molar-refractivity contribution in [2.75, 3.05) is 0 Å². The van der Waals surface area contributed by atoms with E-state index < -0.39 is 5.76 Å². The Labute approximate surface area is 126 Å². The number of pyridine rings is 1. The SMILES string of the molecule is O=c1[nH]c(-c2ccccc2)c(-c2ccc3ccccc3n2)o1. The van der Waals surface area contributed by atoms with E-state index in [1.165, 1.54) is 0 Å². The summed E-state index contributed by atoms with van der Waals surface area (Å²) >= 11 is 0. The highest BCUT2D eigenvalue weighted by Crippen LogP contribution is 2.29. The second kappa shape index (κ2) is 5.00. The lowest BCUT2D eigenvalue weighted by atomic mass is 10.1. The fourth-order valence-corrected chi connectivity index (χ4v) is 2.51. The highest BCUT2D eigenvalue weighted by atomic mass is 16.4. The van der Waals surface area contributed by atoms with Crippen molar-refractivity contribution < 1.29 is 4.42 Å². The Morgan fingerprint density at radius 3 is 2.50 bits per heavy atom. The topological polar surface area (TPSA) is 58.9 Å². The maximum atomic E-state index is 11.7. The number of rotatable bonds is 2. The Hall–Kier alpha value is -3.14. The molecule has 0 unspecified atom stereocenters. The van der Waals surface area contributed by atoms with Gasteiger partial charge in [-0.2, -0.15) is 0 Å². The molecular formula is C18H12N2O2. The van der Waals surface area contributed by atoms with Crippen LogP contribution in [-0.2, 0) is 0 Å². The molecule has 2 heterocycles. The summed E-state index contributed by atoms with van der Waals surface area (Å²) in [5.41, 5.74) is 3.03. The van der Waals surface area contributed by atoms with Crippen LogP contribution < -0.4 is 5.76 Å². The number of fused-ring (bicyclic) bond motifs is 1. The van der Waals surface area contributed by atoms with Gasteiger partial charge < -0.3 is 4.42 Å². The van der Waals surface area contributed by atoms with Crippen molar-refractivity contribution in [3.8, 4) is 22.7 Å². The molecular weight excluding hydrogens is 276 g/mol. The monoisotopic (exact) mass is 288 g/mol. The number of aromatic nitrogens is 2. The summed E-state index contributed by atoms with van der Waals surface area (Å²) in [7, 11) is 0. The number of nitrogens with one attached hydrogen (secondary N) is 1. The van der Waals surface area contributed by atoms with Gasteiger partial charge in [-0.15, -0.1) is 0 Å². The zero-order valence-corrected chi connectivity index (χ0v) is 11.6. The molecule has 106 valence electrons. The number of aromatic amines is 1. The van der Waals surface area contributed by atoms with Gasteiger partial charge in [0.05, 0.1) is 11.2 Å². The van der Waals surface area contributed by atoms with E-state index in [0.29, 0.717) is 17.1 Å². The Morgan fingerprint density at radius 1 is 0.864 bits per heavy atom. The van der Waals surface area contributed by atoms with E-state index in [1.807, 2.05) is 66.7 Å². The summed E-state index contributed by atoms with van der Waals surface area (Å²) in [4.78, 5) is 19.0. The number of para-hydroxylation sites is 1. The molecule has 2 aromatic heterocycles. The average molecular weight is 288 g/mol. The molecule has 0 aliphatic heterocycles. The quantitative estimate of drug-likeness (QED) is 0.609. The van der Waals surface area contributed by atoms with Crippen LogP contribution in [0.2, 0.25) is 0 Å². The molecule has 4 nitrogen and oxygen atoms in total. The van der Waals surface area contributed by atoms with Crippen molar-refractivity contribution in [2.24, 2.45) is 0 Å². The normalized spacial score (nSPS) is 10.9.